The minimum atomic E-state index is -2.36. The first kappa shape index (κ1) is 19.3. The van der Waals surface area contributed by atoms with Crippen molar-refractivity contribution in [1.29, 1.82) is 0 Å². The predicted molar refractivity (Wildman–Crippen MR) is 77.9 cm³/mol. The van der Waals surface area contributed by atoms with E-state index in [0.29, 0.717) is 0 Å². The van der Waals surface area contributed by atoms with Crippen LogP contribution < -0.4 is 0 Å². The van der Waals surface area contributed by atoms with Crippen LogP contribution in [0.4, 0.5) is 35.1 Å². The van der Waals surface area contributed by atoms with Crippen molar-refractivity contribution in [3.8, 4) is 33.9 Å². The molecule has 0 aliphatic heterocycles. The first-order chi connectivity index (χ1) is 14.3. The third-order valence-electron chi connectivity index (χ3n) is 3.91. The van der Waals surface area contributed by atoms with Crippen molar-refractivity contribution in [2.24, 2.45) is 0 Å². The molecular formula is C14H2F8N8. The molecule has 0 bridgehead atoms. The van der Waals surface area contributed by atoms with Gasteiger partial charge in [-0.1, -0.05) is 0 Å². The molecule has 8 nitrogen and oxygen atoms in total. The van der Waals surface area contributed by atoms with E-state index in [1.807, 2.05) is 0 Å². The first-order valence-corrected chi connectivity index (χ1v) is 7.45. The number of hydrogen-bond donors (Lipinski definition) is 2. The van der Waals surface area contributed by atoms with E-state index in [1.54, 1.807) is 10.4 Å². The van der Waals surface area contributed by atoms with Gasteiger partial charge in [-0.25, -0.2) is 35.1 Å². The summed E-state index contributed by atoms with van der Waals surface area (Å²) in [4.78, 5) is 0. The molecule has 0 saturated carbocycles. The average molecular weight is 434 g/mol. The molecule has 0 atom stereocenters. The van der Waals surface area contributed by atoms with Crippen LogP contribution in [0, 0.1) is 46.5 Å². The van der Waals surface area contributed by atoms with Gasteiger partial charge in [0.05, 0.1) is 11.1 Å². The van der Waals surface area contributed by atoms with Gasteiger partial charge in [0.25, 0.3) is 0 Å². The van der Waals surface area contributed by atoms with Gasteiger partial charge in [0.15, 0.2) is 46.5 Å². The molecule has 0 spiro atoms. The van der Waals surface area contributed by atoms with Gasteiger partial charge in [-0.15, -0.1) is 20.4 Å². The Kier molecular flexibility index (Phi) is 4.39. The summed E-state index contributed by atoms with van der Waals surface area (Å²) in [6, 6.07) is 0. The van der Waals surface area contributed by atoms with Gasteiger partial charge in [-0.2, -0.15) is 10.4 Å². The Balaban J connectivity index is 2.05. The molecule has 2 aromatic carbocycles. The van der Waals surface area contributed by atoms with Crippen molar-refractivity contribution in [3.05, 3.63) is 46.5 Å². The van der Waals surface area contributed by atoms with Crippen molar-refractivity contribution in [2.45, 2.75) is 0 Å². The van der Waals surface area contributed by atoms with E-state index < -0.39 is 80.4 Å². The third-order valence-corrected chi connectivity index (χ3v) is 3.91. The zero-order valence-electron chi connectivity index (χ0n) is 13.7. The summed E-state index contributed by atoms with van der Waals surface area (Å²) in [5.41, 5.74) is -7.00. The SMILES string of the molecule is Fc1c(F)c(-c2c(F)c(F)c(-c3nn[nH]n3)c(F)c2F)c(F)c(F)c1-c1nn[nH]n1. The Morgan fingerprint density at radius 3 is 0.900 bits per heavy atom. The molecule has 0 aliphatic rings. The first-order valence-electron chi connectivity index (χ1n) is 7.45. The molecular weight excluding hydrogens is 432 g/mol. The van der Waals surface area contributed by atoms with Gasteiger partial charge in [-0.05, 0) is 10.4 Å². The van der Waals surface area contributed by atoms with E-state index in [1.165, 1.54) is 0 Å². The Morgan fingerprint density at radius 1 is 0.400 bits per heavy atom. The number of nitrogens with zero attached hydrogens (tertiary/aromatic N) is 6. The highest BCUT2D eigenvalue weighted by Gasteiger charge is 2.36. The fourth-order valence-electron chi connectivity index (χ4n) is 2.63. The van der Waals surface area contributed by atoms with Gasteiger partial charge in [-0.3, -0.25) is 0 Å². The summed E-state index contributed by atoms with van der Waals surface area (Å²) in [5, 5.41) is 22.0. The van der Waals surface area contributed by atoms with Crippen molar-refractivity contribution in [1.82, 2.24) is 41.2 Å². The number of benzene rings is 2. The predicted octanol–water partition coefficient (Wildman–Crippen LogP) is 2.83. The van der Waals surface area contributed by atoms with Crippen LogP contribution in [0.15, 0.2) is 0 Å². The smallest absolute Gasteiger partial charge is 0.203 e. The van der Waals surface area contributed by atoms with Gasteiger partial charge < -0.3 is 0 Å². The lowest BCUT2D eigenvalue weighted by atomic mass is 9.97. The summed E-state index contributed by atoms with van der Waals surface area (Å²) in [6.07, 6.45) is 0. The van der Waals surface area contributed by atoms with Crippen molar-refractivity contribution in [3.63, 3.8) is 0 Å². The second-order valence-corrected chi connectivity index (χ2v) is 5.48. The number of tetrazole rings is 2. The minimum Gasteiger partial charge on any atom is -0.203 e. The zero-order chi connectivity index (χ0) is 21.7. The number of nitrogens with one attached hydrogen (secondary N) is 2. The van der Waals surface area contributed by atoms with E-state index in [0.717, 1.165) is 0 Å². The molecule has 4 rings (SSSR count). The van der Waals surface area contributed by atoms with E-state index in [9.17, 15) is 35.1 Å². The van der Waals surface area contributed by atoms with Crippen molar-refractivity contribution < 1.29 is 35.1 Å². The van der Waals surface area contributed by atoms with E-state index in [4.69, 9.17) is 0 Å². The fraction of sp³-hybridized carbons (Fsp3) is 0. The number of halogens is 8. The lowest BCUT2D eigenvalue weighted by molar-refractivity contribution is 0.445. The lowest BCUT2D eigenvalue weighted by Crippen LogP contribution is -2.10. The Hall–Kier alpha value is -3.98. The third kappa shape index (κ3) is 2.60. The Bertz CT molecular complexity index is 1110. The van der Waals surface area contributed by atoms with Crippen LogP contribution in [0.25, 0.3) is 33.9 Å². The number of aromatic amines is 2. The topological polar surface area (TPSA) is 109 Å². The van der Waals surface area contributed by atoms with Crippen LogP contribution in [0.2, 0.25) is 0 Å². The highest BCUT2D eigenvalue weighted by molar-refractivity contribution is 5.74. The summed E-state index contributed by atoms with van der Waals surface area (Å²) in [7, 11) is 0. The molecule has 0 aliphatic carbocycles. The fourth-order valence-corrected chi connectivity index (χ4v) is 2.63. The Morgan fingerprint density at radius 2 is 0.667 bits per heavy atom. The maximum Gasteiger partial charge on any atom is 0.210 e. The van der Waals surface area contributed by atoms with Gasteiger partial charge in [0.2, 0.25) is 11.6 Å². The molecule has 0 radical (unpaired) electrons. The van der Waals surface area contributed by atoms with Crippen LogP contribution in [0.5, 0.6) is 0 Å². The highest BCUT2D eigenvalue weighted by atomic mass is 19.2. The second-order valence-electron chi connectivity index (χ2n) is 5.48. The molecule has 0 unspecified atom stereocenters. The minimum absolute atomic E-state index is 0.930. The molecule has 2 N–H and O–H groups in total. The van der Waals surface area contributed by atoms with Crippen LogP contribution in [0.3, 0.4) is 0 Å². The van der Waals surface area contributed by atoms with Gasteiger partial charge in [0, 0.05) is 0 Å². The standard InChI is InChI=1S/C14H2F8N8/c15-5-1(6(16)10(20)3(9(5)19)13-23-27-28-24-13)2-7(17)11(21)4(12(22)8(2)18)14-25-29-30-26-14/h(H,23,24,27,28)(H,25,26,29,30). The molecule has 16 heteroatoms. The van der Waals surface area contributed by atoms with Gasteiger partial charge in [0.1, 0.15) is 11.1 Å². The van der Waals surface area contributed by atoms with Crippen molar-refractivity contribution >= 4 is 0 Å². The largest absolute Gasteiger partial charge is 0.210 e. The molecule has 0 fully saturated rings. The Labute approximate surface area is 157 Å². The summed E-state index contributed by atoms with van der Waals surface area (Å²) < 4.78 is 115. The summed E-state index contributed by atoms with van der Waals surface area (Å²) in [6.45, 7) is 0. The molecule has 154 valence electrons. The number of H-pyrrole nitrogens is 2. The van der Waals surface area contributed by atoms with Crippen LogP contribution >= 0.6 is 0 Å². The normalized spacial score (nSPS) is 11.3. The monoisotopic (exact) mass is 434 g/mol. The average Bonchev–Trinajstić information content (AvgIpc) is 3.42. The summed E-state index contributed by atoms with van der Waals surface area (Å²) >= 11 is 0. The molecule has 0 saturated heterocycles. The summed E-state index contributed by atoms with van der Waals surface area (Å²) in [5.74, 6) is -20.1. The molecule has 0 amide bonds. The van der Waals surface area contributed by atoms with Crippen molar-refractivity contribution in [2.75, 3.05) is 0 Å². The van der Waals surface area contributed by atoms with Gasteiger partial charge >= 0.3 is 0 Å². The number of hydrogen-bond acceptors (Lipinski definition) is 6. The van der Waals surface area contributed by atoms with E-state index >= 15 is 0 Å². The lowest BCUT2D eigenvalue weighted by Gasteiger charge is -2.14. The molecule has 30 heavy (non-hydrogen) atoms. The number of rotatable bonds is 3. The molecule has 2 heterocycles. The maximum absolute atomic E-state index is 14.5. The van der Waals surface area contributed by atoms with E-state index in [2.05, 4.69) is 30.8 Å². The van der Waals surface area contributed by atoms with Crippen LogP contribution in [0.1, 0.15) is 0 Å². The molecule has 4 aromatic rings. The molecule has 2 aromatic heterocycles. The van der Waals surface area contributed by atoms with Crippen LogP contribution in [-0.2, 0) is 0 Å². The quantitative estimate of drug-likeness (QED) is 0.379. The number of aromatic nitrogens is 8. The van der Waals surface area contributed by atoms with Crippen LogP contribution in [-0.4, -0.2) is 41.2 Å². The van der Waals surface area contributed by atoms with E-state index in [-0.39, 0.29) is 0 Å². The second kappa shape index (κ2) is 6.82. The zero-order valence-corrected chi connectivity index (χ0v) is 13.7. The highest BCUT2D eigenvalue weighted by Crippen LogP contribution is 2.41. The maximum atomic E-state index is 14.5.